The molecule has 0 aromatic carbocycles. The Balaban J connectivity index is 0.000000781. The number of aliphatic hydroxyl groups is 3. The summed E-state index contributed by atoms with van der Waals surface area (Å²) in [5.41, 5.74) is 0.958. The number of esters is 2. The molecular formula is C29H48O9. The number of rotatable bonds is 12. The Hall–Kier alpha value is -2.23. The van der Waals surface area contributed by atoms with Crippen LogP contribution in [0.25, 0.3) is 0 Å². The van der Waals surface area contributed by atoms with Crippen LogP contribution in [0, 0.1) is 29.6 Å². The van der Waals surface area contributed by atoms with Crippen molar-refractivity contribution < 1.29 is 44.3 Å². The number of hydrogen-bond donors (Lipinski definition) is 4. The van der Waals surface area contributed by atoms with E-state index in [0.717, 1.165) is 5.57 Å². The van der Waals surface area contributed by atoms with Crippen LogP contribution in [0.5, 0.6) is 0 Å². The Morgan fingerprint density at radius 3 is 2.32 bits per heavy atom. The number of carbonyl (C=O) groups excluding carboxylic acids is 2. The Bertz CT molecular complexity index is 819. The van der Waals surface area contributed by atoms with Gasteiger partial charge in [0.05, 0.1) is 37.3 Å². The molecule has 9 heteroatoms. The van der Waals surface area contributed by atoms with Gasteiger partial charge in [0.2, 0.25) is 0 Å². The number of fused-ring (bicyclic) bond motifs is 1. The SMILES string of the molecule is CC(=O)OCC(C)C.CC[C@H](C)C(=O)O[C@H]1C[C@H](O)C=C2C=C[C@H](C)[C@H](CC[C@@H](O)CC(O)CC(=O)O)[C@H]21. The lowest BCUT2D eigenvalue weighted by molar-refractivity contribution is -0.159. The third-order valence-electron chi connectivity index (χ3n) is 7.06. The minimum Gasteiger partial charge on any atom is -0.481 e. The van der Waals surface area contributed by atoms with E-state index in [-0.39, 0.29) is 48.5 Å². The van der Waals surface area contributed by atoms with Gasteiger partial charge in [-0.15, -0.1) is 0 Å². The van der Waals surface area contributed by atoms with Crippen LogP contribution in [0.4, 0.5) is 0 Å². The number of allylic oxidation sites excluding steroid dienone is 2. The molecule has 2 aliphatic rings. The Labute approximate surface area is 226 Å². The highest BCUT2D eigenvalue weighted by Gasteiger charge is 2.42. The van der Waals surface area contributed by atoms with Crippen LogP contribution in [0.1, 0.15) is 80.1 Å². The van der Waals surface area contributed by atoms with Crippen LogP contribution in [0.15, 0.2) is 23.8 Å². The zero-order valence-electron chi connectivity index (χ0n) is 23.7. The molecule has 0 heterocycles. The van der Waals surface area contributed by atoms with Crippen LogP contribution in [-0.4, -0.2) is 69.4 Å². The van der Waals surface area contributed by atoms with E-state index in [1.807, 2.05) is 39.8 Å². The molecule has 8 atom stereocenters. The van der Waals surface area contributed by atoms with Gasteiger partial charge in [0, 0.05) is 19.3 Å². The molecule has 0 bridgehead atoms. The van der Waals surface area contributed by atoms with Crippen molar-refractivity contribution in [2.45, 2.75) is 104 Å². The average Bonchev–Trinajstić information content (AvgIpc) is 2.81. The lowest BCUT2D eigenvalue weighted by Crippen LogP contribution is -2.43. The summed E-state index contributed by atoms with van der Waals surface area (Å²) in [6.07, 6.45) is 4.64. The first kappa shape index (κ1) is 33.8. The van der Waals surface area contributed by atoms with E-state index < -0.39 is 30.4 Å². The molecule has 0 aromatic heterocycles. The molecule has 0 amide bonds. The summed E-state index contributed by atoms with van der Waals surface area (Å²) in [5.74, 6) is -1.06. The molecule has 4 N–H and O–H groups in total. The van der Waals surface area contributed by atoms with Gasteiger partial charge in [0.15, 0.2) is 0 Å². The van der Waals surface area contributed by atoms with Gasteiger partial charge in [-0.1, -0.05) is 52.8 Å². The predicted molar refractivity (Wildman–Crippen MR) is 143 cm³/mol. The summed E-state index contributed by atoms with van der Waals surface area (Å²) in [6, 6.07) is 0. The molecule has 0 fully saturated rings. The molecule has 218 valence electrons. The number of carboxylic acids is 1. The normalized spacial score (nSPS) is 26.7. The third-order valence-corrected chi connectivity index (χ3v) is 7.06. The van der Waals surface area contributed by atoms with Crippen molar-refractivity contribution in [3.05, 3.63) is 23.8 Å². The largest absolute Gasteiger partial charge is 0.481 e. The smallest absolute Gasteiger partial charge is 0.308 e. The maximum Gasteiger partial charge on any atom is 0.308 e. The number of aliphatic carboxylic acids is 1. The second-order valence-electron chi connectivity index (χ2n) is 11.1. The van der Waals surface area contributed by atoms with E-state index in [1.54, 1.807) is 0 Å². The molecule has 0 saturated heterocycles. The zero-order valence-corrected chi connectivity index (χ0v) is 23.7. The second-order valence-corrected chi connectivity index (χ2v) is 11.1. The van der Waals surface area contributed by atoms with Crippen LogP contribution >= 0.6 is 0 Å². The van der Waals surface area contributed by atoms with Gasteiger partial charge in [-0.2, -0.15) is 0 Å². The zero-order chi connectivity index (χ0) is 29.0. The number of carboxylic acid groups (broad SMARTS) is 1. The lowest BCUT2D eigenvalue weighted by Gasteiger charge is -2.43. The maximum atomic E-state index is 12.4. The Morgan fingerprint density at radius 1 is 1.13 bits per heavy atom. The van der Waals surface area contributed by atoms with E-state index >= 15 is 0 Å². The van der Waals surface area contributed by atoms with Gasteiger partial charge in [0.1, 0.15) is 6.10 Å². The van der Waals surface area contributed by atoms with Gasteiger partial charge in [-0.25, -0.2) is 0 Å². The average molecular weight is 541 g/mol. The standard InChI is InChI=1S/C23H36O7.C6H12O2/c1-4-13(2)23(29)30-20-11-17(25)9-15-6-5-14(3)19(22(15)20)8-7-16(24)10-18(26)12-21(27)28;1-5(2)4-8-6(3)7/h5-6,9,13-14,16-20,22,24-26H,4,7-8,10-12H2,1-3H3,(H,27,28);5H,4H2,1-3H3/t13-,14-,16+,17+,18?,19-,20-,22-;/m0./s1. The fourth-order valence-electron chi connectivity index (χ4n) is 4.80. The van der Waals surface area contributed by atoms with Crippen molar-refractivity contribution in [3.63, 3.8) is 0 Å². The van der Waals surface area contributed by atoms with Crippen molar-refractivity contribution in [2.24, 2.45) is 29.6 Å². The predicted octanol–water partition coefficient (Wildman–Crippen LogP) is 3.65. The molecule has 2 aliphatic carbocycles. The minimum atomic E-state index is -1.10. The molecule has 0 radical (unpaired) electrons. The van der Waals surface area contributed by atoms with Crippen molar-refractivity contribution in [1.82, 2.24) is 0 Å². The van der Waals surface area contributed by atoms with Gasteiger partial charge < -0.3 is 29.9 Å². The van der Waals surface area contributed by atoms with E-state index in [2.05, 4.69) is 17.7 Å². The quantitative estimate of drug-likeness (QED) is 0.272. The summed E-state index contributed by atoms with van der Waals surface area (Å²) >= 11 is 0. The maximum absolute atomic E-state index is 12.4. The van der Waals surface area contributed by atoms with Gasteiger partial charge >= 0.3 is 17.9 Å². The molecular weight excluding hydrogens is 492 g/mol. The van der Waals surface area contributed by atoms with Crippen molar-refractivity contribution in [2.75, 3.05) is 6.61 Å². The second kappa shape index (κ2) is 16.7. The fraction of sp³-hybridized carbons (Fsp3) is 0.759. The molecule has 9 nitrogen and oxygen atoms in total. The highest BCUT2D eigenvalue weighted by Crippen LogP contribution is 2.44. The summed E-state index contributed by atoms with van der Waals surface area (Å²) in [6.45, 7) is 11.8. The Morgan fingerprint density at radius 2 is 1.79 bits per heavy atom. The van der Waals surface area contributed by atoms with Crippen molar-refractivity contribution in [1.29, 1.82) is 0 Å². The molecule has 0 aliphatic heterocycles. The summed E-state index contributed by atoms with van der Waals surface area (Å²) < 4.78 is 10.5. The summed E-state index contributed by atoms with van der Waals surface area (Å²) in [4.78, 5) is 33.3. The molecule has 0 saturated carbocycles. The first-order valence-corrected chi connectivity index (χ1v) is 13.7. The first-order chi connectivity index (χ1) is 17.7. The molecule has 1 unspecified atom stereocenters. The Kier molecular flexibility index (Phi) is 14.8. The summed E-state index contributed by atoms with van der Waals surface area (Å²) in [5, 5.41) is 39.1. The van der Waals surface area contributed by atoms with Gasteiger partial charge in [-0.3, -0.25) is 14.4 Å². The monoisotopic (exact) mass is 540 g/mol. The minimum absolute atomic E-state index is 0.0156. The number of carbonyl (C=O) groups is 3. The van der Waals surface area contributed by atoms with Crippen LogP contribution in [0.3, 0.4) is 0 Å². The first-order valence-electron chi connectivity index (χ1n) is 13.7. The fourth-order valence-corrected chi connectivity index (χ4v) is 4.80. The van der Waals surface area contributed by atoms with E-state index in [0.29, 0.717) is 38.2 Å². The molecule has 2 rings (SSSR count). The van der Waals surface area contributed by atoms with Crippen molar-refractivity contribution in [3.8, 4) is 0 Å². The molecule has 0 aromatic rings. The molecule has 0 spiro atoms. The van der Waals surface area contributed by atoms with E-state index in [1.165, 1.54) is 6.92 Å². The number of ether oxygens (including phenoxy) is 2. The third kappa shape index (κ3) is 12.1. The van der Waals surface area contributed by atoms with Gasteiger partial charge in [-0.05, 0) is 49.0 Å². The summed E-state index contributed by atoms with van der Waals surface area (Å²) in [7, 11) is 0. The topological polar surface area (TPSA) is 151 Å². The van der Waals surface area contributed by atoms with Crippen LogP contribution < -0.4 is 0 Å². The van der Waals surface area contributed by atoms with Crippen LogP contribution in [0.2, 0.25) is 0 Å². The van der Waals surface area contributed by atoms with E-state index in [4.69, 9.17) is 9.84 Å². The number of aliphatic hydroxyl groups excluding tert-OH is 3. The highest BCUT2D eigenvalue weighted by molar-refractivity contribution is 5.72. The highest BCUT2D eigenvalue weighted by atomic mass is 16.5. The lowest BCUT2D eigenvalue weighted by atomic mass is 9.66. The van der Waals surface area contributed by atoms with E-state index in [9.17, 15) is 29.7 Å². The van der Waals surface area contributed by atoms with Gasteiger partial charge in [0.25, 0.3) is 0 Å². The van der Waals surface area contributed by atoms with Crippen LogP contribution in [-0.2, 0) is 23.9 Å². The number of hydrogen-bond acceptors (Lipinski definition) is 8. The van der Waals surface area contributed by atoms with Crippen molar-refractivity contribution >= 4 is 17.9 Å². The molecule has 38 heavy (non-hydrogen) atoms.